The third-order valence-electron chi connectivity index (χ3n) is 3.98. The van der Waals surface area contributed by atoms with Crippen molar-refractivity contribution in [2.75, 3.05) is 5.32 Å². The minimum Gasteiger partial charge on any atom is -0.507 e. The monoisotopic (exact) mass is 395 g/mol. The van der Waals surface area contributed by atoms with E-state index in [4.69, 9.17) is 0 Å². The fourth-order valence-corrected chi connectivity index (χ4v) is 2.31. The van der Waals surface area contributed by atoms with Gasteiger partial charge in [-0.1, -0.05) is 13.8 Å². The molecule has 1 unspecified atom stereocenters. The average Bonchev–Trinajstić information content (AvgIpc) is 2.60. The Morgan fingerprint density at radius 3 is 2.36 bits per heavy atom. The van der Waals surface area contributed by atoms with Crippen molar-refractivity contribution in [2.45, 2.75) is 33.0 Å². The van der Waals surface area contributed by atoms with Crippen LogP contribution in [0.25, 0.3) is 0 Å². The summed E-state index contributed by atoms with van der Waals surface area (Å²) in [6.45, 7) is 5.12. The topological polar surface area (TPSA) is 91.3 Å². The molecule has 3 N–H and O–H groups in total. The maximum Gasteiger partial charge on any atom is 0.416 e. The van der Waals surface area contributed by atoms with Gasteiger partial charge in [-0.25, -0.2) is 4.98 Å². The number of pyridine rings is 1. The van der Waals surface area contributed by atoms with Crippen LogP contribution < -0.4 is 10.6 Å². The Balaban J connectivity index is 2.13. The second-order valence-electron chi connectivity index (χ2n) is 6.54. The molecule has 2 rings (SSSR count). The lowest BCUT2D eigenvalue weighted by Crippen LogP contribution is -2.27. The number of nitrogens with one attached hydrogen (secondary N) is 2. The fraction of sp³-hybridized carbons (Fsp3) is 0.316. The number of hydrogen-bond donors (Lipinski definition) is 3. The first-order valence-electron chi connectivity index (χ1n) is 8.47. The number of anilines is 1. The van der Waals surface area contributed by atoms with Crippen LogP contribution in [0, 0.1) is 5.92 Å². The van der Waals surface area contributed by atoms with Crippen LogP contribution in [0.3, 0.4) is 0 Å². The second kappa shape index (κ2) is 8.28. The summed E-state index contributed by atoms with van der Waals surface area (Å²) in [5.41, 5.74) is -0.703. The third-order valence-corrected chi connectivity index (χ3v) is 3.98. The molecule has 6 nitrogen and oxygen atoms in total. The zero-order valence-corrected chi connectivity index (χ0v) is 15.5. The van der Waals surface area contributed by atoms with Crippen LogP contribution in [-0.4, -0.2) is 21.9 Å². The lowest BCUT2D eigenvalue weighted by molar-refractivity contribution is -0.137. The number of halogens is 3. The fourth-order valence-electron chi connectivity index (χ4n) is 2.31. The van der Waals surface area contributed by atoms with Gasteiger partial charge in [0.1, 0.15) is 11.6 Å². The molecular formula is C19H20F3N3O3. The summed E-state index contributed by atoms with van der Waals surface area (Å²) in [7, 11) is 0. The highest BCUT2D eigenvalue weighted by atomic mass is 19.4. The van der Waals surface area contributed by atoms with Gasteiger partial charge in [0.05, 0.1) is 17.2 Å². The molecule has 2 aromatic rings. The Labute approximate surface area is 159 Å². The number of rotatable bonds is 5. The number of benzene rings is 1. The van der Waals surface area contributed by atoms with E-state index in [2.05, 4.69) is 15.6 Å². The molecular weight excluding hydrogens is 375 g/mol. The molecule has 0 aliphatic heterocycles. The van der Waals surface area contributed by atoms with E-state index in [0.29, 0.717) is 17.4 Å². The number of alkyl halides is 3. The van der Waals surface area contributed by atoms with Crippen molar-refractivity contribution in [3.05, 3.63) is 53.2 Å². The second-order valence-corrected chi connectivity index (χ2v) is 6.54. The molecule has 1 heterocycles. The van der Waals surface area contributed by atoms with E-state index in [1.54, 1.807) is 32.9 Å². The first-order valence-corrected chi connectivity index (χ1v) is 8.47. The van der Waals surface area contributed by atoms with Crippen molar-refractivity contribution in [1.82, 2.24) is 10.3 Å². The summed E-state index contributed by atoms with van der Waals surface area (Å²) in [5, 5.41) is 15.0. The normalized spacial score (nSPS) is 12.5. The van der Waals surface area contributed by atoms with E-state index in [1.165, 1.54) is 6.20 Å². The van der Waals surface area contributed by atoms with Crippen molar-refractivity contribution in [1.29, 1.82) is 0 Å². The largest absolute Gasteiger partial charge is 0.507 e. The van der Waals surface area contributed by atoms with Gasteiger partial charge in [0.15, 0.2) is 0 Å². The smallest absolute Gasteiger partial charge is 0.416 e. The molecule has 150 valence electrons. The quantitative estimate of drug-likeness (QED) is 0.716. The molecule has 0 saturated carbocycles. The molecule has 0 saturated heterocycles. The summed E-state index contributed by atoms with van der Waals surface area (Å²) in [5.74, 6) is -1.63. The minimum absolute atomic E-state index is 0.212. The summed E-state index contributed by atoms with van der Waals surface area (Å²) in [4.78, 5) is 28.1. The number of carbonyl (C=O) groups excluding carboxylic acids is 2. The van der Waals surface area contributed by atoms with E-state index in [1.807, 2.05) is 0 Å². The minimum atomic E-state index is -4.62. The van der Waals surface area contributed by atoms with Gasteiger partial charge in [0.2, 0.25) is 5.91 Å². The molecule has 0 bridgehead atoms. The van der Waals surface area contributed by atoms with Crippen molar-refractivity contribution in [3.63, 3.8) is 0 Å². The van der Waals surface area contributed by atoms with Crippen molar-refractivity contribution in [2.24, 2.45) is 5.92 Å². The maximum atomic E-state index is 12.7. The number of nitrogens with zero attached hydrogens (tertiary/aromatic N) is 1. The number of amides is 2. The highest BCUT2D eigenvalue weighted by Gasteiger charge is 2.31. The lowest BCUT2D eigenvalue weighted by Gasteiger charge is -2.16. The van der Waals surface area contributed by atoms with Crippen LogP contribution in [-0.2, 0) is 11.0 Å². The van der Waals surface area contributed by atoms with Crippen LogP contribution in [0.5, 0.6) is 5.75 Å². The number of hydrogen-bond acceptors (Lipinski definition) is 4. The summed E-state index contributed by atoms with van der Waals surface area (Å²) >= 11 is 0. The highest BCUT2D eigenvalue weighted by molar-refractivity contribution is 5.97. The molecule has 1 atom stereocenters. The molecule has 1 aromatic carbocycles. The van der Waals surface area contributed by atoms with Gasteiger partial charge < -0.3 is 15.7 Å². The van der Waals surface area contributed by atoms with Crippen molar-refractivity contribution < 1.29 is 27.9 Å². The van der Waals surface area contributed by atoms with Gasteiger partial charge in [-0.15, -0.1) is 0 Å². The van der Waals surface area contributed by atoms with Crippen LogP contribution >= 0.6 is 0 Å². The van der Waals surface area contributed by atoms with E-state index < -0.39 is 29.4 Å². The zero-order chi connectivity index (χ0) is 21.1. The molecule has 0 aliphatic rings. The average molecular weight is 395 g/mol. The molecule has 28 heavy (non-hydrogen) atoms. The third kappa shape index (κ3) is 5.21. The predicted octanol–water partition coefficient (Wildman–Crippen LogP) is 3.89. The van der Waals surface area contributed by atoms with Crippen LogP contribution in [0.4, 0.5) is 19.0 Å². The Morgan fingerprint density at radius 1 is 1.11 bits per heavy atom. The summed E-state index contributed by atoms with van der Waals surface area (Å²) < 4.78 is 38.0. The highest BCUT2D eigenvalue weighted by Crippen LogP contribution is 2.32. The van der Waals surface area contributed by atoms with Gasteiger partial charge in [-0.3, -0.25) is 9.59 Å². The number of aromatic hydroxyl groups is 1. The number of carbonyl (C=O) groups is 2. The first-order chi connectivity index (χ1) is 13.0. The van der Waals surface area contributed by atoms with Crippen LogP contribution in [0.2, 0.25) is 0 Å². The van der Waals surface area contributed by atoms with Gasteiger partial charge in [-0.05, 0) is 42.8 Å². The Hall–Kier alpha value is -3.10. The number of phenols is 1. The molecule has 0 spiro atoms. The van der Waals surface area contributed by atoms with Crippen molar-refractivity contribution >= 4 is 17.6 Å². The van der Waals surface area contributed by atoms with E-state index in [-0.39, 0.29) is 17.4 Å². The van der Waals surface area contributed by atoms with Crippen LogP contribution in [0.15, 0.2) is 36.5 Å². The summed E-state index contributed by atoms with van der Waals surface area (Å²) in [6, 6.07) is 4.81. The Kier molecular flexibility index (Phi) is 6.27. The van der Waals surface area contributed by atoms with E-state index >= 15 is 0 Å². The predicted molar refractivity (Wildman–Crippen MR) is 96.7 cm³/mol. The zero-order valence-electron chi connectivity index (χ0n) is 15.5. The van der Waals surface area contributed by atoms with Gasteiger partial charge in [0, 0.05) is 12.1 Å². The molecule has 0 aliphatic carbocycles. The SMILES string of the molecule is CC(C)C(=O)Nc1cc(C(C)NC(=O)c2ccc(C(F)(F)F)cc2O)ccn1. The summed E-state index contributed by atoms with van der Waals surface area (Å²) in [6.07, 6.45) is -3.16. The van der Waals surface area contributed by atoms with Crippen molar-refractivity contribution in [3.8, 4) is 5.75 Å². The van der Waals surface area contributed by atoms with Gasteiger partial charge in [0.25, 0.3) is 5.91 Å². The number of aromatic nitrogens is 1. The molecule has 9 heteroatoms. The first kappa shape index (κ1) is 21.2. The lowest BCUT2D eigenvalue weighted by atomic mass is 10.1. The van der Waals surface area contributed by atoms with Gasteiger partial charge >= 0.3 is 6.18 Å². The van der Waals surface area contributed by atoms with E-state index in [9.17, 15) is 27.9 Å². The maximum absolute atomic E-state index is 12.7. The van der Waals surface area contributed by atoms with E-state index in [0.717, 1.165) is 12.1 Å². The van der Waals surface area contributed by atoms with Gasteiger partial charge in [-0.2, -0.15) is 13.2 Å². The Bertz CT molecular complexity index is 882. The molecule has 2 amide bonds. The molecule has 0 fully saturated rings. The standard InChI is InChI=1S/C19H20F3N3O3/c1-10(2)17(27)25-16-8-12(6-7-23-16)11(3)24-18(28)14-5-4-13(9-15(14)26)19(20,21)22/h4-11,26H,1-3H3,(H,24,28)(H,23,25,27). The number of phenolic OH excluding ortho intramolecular Hbond substituents is 1. The van der Waals surface area contributed by atoms with Crippen LogP contribution in [0.1, 0.15) is 48.3 Å². The molecule has 0 radical (unpaired) electrons. The molecule has 1 aromatic heterocycles. The Morgan fingerprint density at radius 2 is 1.79 bits per heavy atom.